The molecule has 0 amide bonds. The predicted octanol–water partition coefficient (Wildman–Crippen LogP) is 4.04. The Bertz CT molecular complexity index is 241. The SMILES string of the molecule is CC1(O)C2(CCCC2)CCCC12CCCC2. The molecule has 3 aliphatic carbocycles. The van der Waals surface area contributed by atoms with E-state index in [2.05, 4.69) is 6.92 Å². The summed E-state index contributed by atoms with van der Waals surface area (Å²) in [5.74, 6) is 0. The van der Waals surface area contributed by atoms with Crippen molar-refractivity contribution in [2.24, 2.45) is 10.8 Å². The molecule has 0 atom stereocenters. The Labute approximate surface area is 99.6 Å². The highest BCUT2D eigenvalue weighted by molar-refractivity contribution is 5.12. The van der Waals surface area contributed by atoms with Gasteiger partial charge in [0.25, 0.3) is 0 Å². The molecule has 0 unspecified atom stereocenters. The first-order valence-corrected chi connectivity index (χ1v) is 7.34. The topological polar surface area (TPSA) is 20.2 Å². The summed E-state index contributed by atoms with van der Waals surface area (Å²) >= 11 is 0. The fourth-order valence-corrected chi connectivity index (χ4v) is 5.39. The van der Waals surface area contributed by atoms with E-state index < -0.39 is 0 Å². The molecule has 0 aromatic rings. The van der Waals surface area contributed by atoms with Crippen LogP contribution in [-0.2, 0) is 0 Å². The van der Waals surface area contributed by atoms with E-state index in [9.17, 15) is 5.11 Å². The van der Waals surface area contributed by atoms with Crippen LogP contribution >= 0.6 is 0 Å². The third-order valence-electron chi connectivity index (χ3n) is 6.50. The molecular formula is C15H26O. The normalized spacial score (nSPS) is 34.9. The molecule has 1 N–H and O–H groups in total. The maximum atomic E-state index is 11.3. The third-order valence-corrected chi connectivity index (χ3v) is 6.50. The molecule has 3 saturated carbocycles. The Morgan fingerprint density at radius 2 is 0.938 bits per heavy atom. The second-order valence-electron chi connectivity index (χ2n) is 6.90. The van der Waals surface area contributed by atoms with Crippen molar-refractivity contribution in [2.45, 2.75) is 83.2 Å². The van der Waals surface area contributed by atoms with Gasteiger partial charge in [-0.05, 0) is 56.3 Å². The van der Waals surface area contributed by atoms with Crippen LogP contribution in [0.15, 0.2) is 0 Å². The molecule has 3 rings (SSSR count). The van der Waals surface area contributed by atoms with Gasteiger partial charge in [0.2, 0.25) is 0 Å². The summed E-state index contributed by atoms with van der Waals surface area (Å²) in [6.45, 7) is 2.20. The number of rotatable bonds is 0. The molecule has 3 aliphatic rings. The van der Waals surface area contributed by atoms with Crippen molar-refractivity contribution in [1.29, 1.82) is 0 Å². The van der Waals surface area contributed by atoms with E-state index in [-0.39, 0.29) is 5.60 Å². The Morgan fingerprint density at radius 1 is 0.625 bits per heavy atom. The van der Waals surface area contributed by atoms with Crippen LogP contribution in [0.3, 0.4) is 0 Å². The van der Waals surface area contributed by atoms with Crippen LogP contribution in [0, 0.1) is 10.8 Å². The lowest BCUT2D eigenvalue weighted by Gasteiger charge is -2.58. The standard InChI is InChI=1S/C15H26O/c1-13(16)14(7-2-3-8-14)11-6-12-15(13)9-4-5-10-15/h16H,2-12H2,1H3. The minimum absolute atomic E-state index is 0.301. The van der Waals surface area contributed by atoms with E-state index in [1.165, 1.54) is 70.6 Å². The van der Waals surface area contributed by atoms with E-state index in [1.807, 2.05) is 0 Å². The monoisotopic (exact) mass is 222 g/mol. The van der Waals surface area contributed by atoms with Crippen LogP contribution in [0.25, 0.3) is 0 Å². The van der Waals surface area contributed by atoms with Crippen molar-refractivity contribution in [3.63, 3.8) is 0 Å². The van der Waals surface area contributed by atoms with Gasteiger partial charge in [-0.15, -0.1) is 0 Å². The van der Waals surface area contributed by atoms with Crippen LogP contribution in [0.1, 0.15) is 77.6 Å². The van der Waals surface area contributed by atoms with Crippen molar-refractivity contribution in [2.75, 3.05) is 0 Å². The average Bonchev–Trinajstić information content (AvgIpc) is 2.86. The molecule has 0 radical (unpaired) electrons. The van der Waals surface area contributed by atoms with Gasteiger partial charge in [-0.2, -0.15) is 0 Å². The highest BCUT2D eigenvalue weighted by Crippen LogP contribution is 2.65. The van der Waals surface area contributed by atoms with Gasteiger partial charge in [0, 0.05) is 0 Å². The van der Waals surface area contributed by atoms with Gasteiger partial charge >= 0.3 is 0 Å². The highest BCUT2D eigenvalue weighted by atomic mass is 16.3. The fraction of sp³-hybridized carbons (Fsp3) is 1.00. The maximum Gasteiger partial charge on any atom is 0.0731 e. The molecular weight excluding hydrogens is 196 g/mol. The Morgan fingerprint density at radius 3 is 1.31 bits per heavy atom. The smallest absolute Gasteiger partial charge is 0.0731 e. The first-order chi connectivity index (χ1) is 7.62. The van der Waals surface area contributed by atoms with Gasteiger partial charge in [-0.1, -0.05) is 32.1 Å². The Balaban J connectivity index is 1.97. The summed E-state index contributed by atoms with van der Waals surface area (Å²) in [4.78, 5) is 0. The zero-order chi connectivity index (χ0) is 11.3. The van der Waals surface area contributed by atoms with E-state index in [4.69, 9.17) is 0 Å². The quantitative estimate of drug-likeness (QED) is 0.656. The average molecular weight is 222 g/mol. The maximum absolute atomic E-state index is 11.3. The molecule has 1 heteroatoms. The molecule has 1 nitrogen and oxygen atoms in total. The first kappa shape index (κ1) is 11.1. The summed E-state index contributed by atoms with van der Waals surface area (Å²) in [5.41, 5.74) is 0.233. The molecule has 0 bridgehead atoms. The van der Waals surface area contributed by atoms with Crippen LogP contribution < -0.4 is 0 Å². The largest absolute Gasteiger partial charge is 0.389 e. The van der Waals surface area contributed by atoms with Crippen LogP contribution in [-0.4, -0.2) is 10.7 Å². The van der Waals surface area contributed by atoms with Crippen molar-refractivity contribution in [1.82, 2.24) is 0 Å². The van der Waals surface area contributed by atoms with Crippen molar-refractivity contribution >= 4 is 0 Å². The molecule has 2 spiro atoms. The highest BCUT2D eigenvalue weighted by Gasteiger charge is 2.61. The van der Waals surface area contributed by atoms with Gasteiger partial charge < -0.3 is 5.11 Å². The van der Waals surface area contributed by atoms with Gasteiger partial charge in [0.15, 0.2) is 0 Å². The lowest BCUT2D eigenvalue weighted by atomic mass is 9.50. The molecule has 16 heavy (non-hydrogen) atoms. The molecule has 0 aromatic heterocycles. The second kappa shape index (κ2) is 3.48. The molecule has 0 heterocycles. The number of aliphatic hydroxyl groups is 1. The van der Waals surface area contributed by atoms with E-state index in [1.54, 1.807) is 0 Å². The number of hydrogen-bond acceptors (Lipinski definition) is 1. The molecule has 3 fully saturated rings. The zero-order valence-corrected chi connectivity index (χ0v) is 10.7. The molecule has 92 valence electrons. The first-order valence-electron chi connectivity index (χ1n) is 7.34. The second-order valence-corrected chi connectivity index (χ2v) is 6.90. The van der Waals surface area contributed by atoms with Crippen molar-refractivity contribution < 1.29 is 5.11 Å². The minimum Gasteiger partial charge on any atom is -0.389 e. The van der Waals surface area contributed by atoms with E-state index in [0.29, 0.717) is 10.8 Å². The van der Waals surface area contributed by atoms with Crippen LogP contribution in [0.4, 0.5) is 0 Å². The Hall–Kier alpha value is -0.0400. The summed E-state index contributed by atoms with van der Waals surface area (Å²) in [7, 11) is 0. The van der Waals surface area contributed by atoms with Gasteiger partial charge in [-0.25, -0.2) is 0 Å². The lowest BCUT2D eigenvalue weighted by Crippen LogP contribution is -2.58. The van der Waals surface area contributed by atoms with Crippen LogP contribution in [0.5, 0.6) is 0 Å². The van der Waals surface area contributed by atoms with Crippen LogP contribution in [0.2, 0.25) is 0 Å². The van der Waals surface area contributed by atoms with Gasteiger partial charge in [0.1, 0.15) is 0 Å². The molecule has 0 aromatic carbocycles. The molecule has 0 aliphatic heterocycles. The Kier molecular flexibility index (Phi) is 2.41. The minimum atomic E-state index is -0.370. The lowest BCUT2D eigenvalue weighted by molar-refractivity contribution is -0.187. The summed E-state index contributed by atoms with van der Waals surface area (Å²) in [5, 5.41) is 11.3. The number of hydrogen-bond donors (Lipinski definition) is 1. The summed E-state index contributed by atoms with van der Waals surface area (Å²) in [6.07, 6.45) is 14.5. The third kappa shape index (κ3) is 1.21. The van der Waals surface area contributed by atoms with E-state index in [0.717, 1.165) is 0 Å². The fourth-order valence-electron chi connectivity index (χ4n) is 5.39. The summed E-state index contributed by atoms with van der Waals surface area (Å²) < 4.78 is 0. The van der Waals surface area contributed by atoms with Gasteiger partial charge in [-0.3, -0.25) is 0 Å². The van der Waals surface area contributed by atoms with Crippen molar-refractivity contribution in [3.05, 3.63) is 0 Å². The van der Waals surface area contributed by atoms with Crippen molar-refractivity contribution in [3.8, 4) is 0 Å². The summed E-state index contributed by atoms with van der Waals surface area (Å²) in [6, 6.07) is 0. The molecule has 0 saturated heterocycles. The van der Waals surface area contributed by atoms with Gasteiger partial charge in [0.05, 0.1) is 5.60 Å². The predicted molar refractivity (Wildman–Crippen MR) is 66.3 cm³/mol. The van der Waals surface area contributed by atoms with E-state index >= 15 is 0 Å². The zero-order valence-electron chi connectivity index (χ0n) is 10.7.